The van der Waals surface area contributed by atoms with Gasteiger partial charge >= 0.3 is 0 Å². The van der Waals surface area contributed by atoms with E-state index in [0.29, 0.717) is 29.4 Å². The maximum atomic E-state index is 12.4. The van der Waals surface area contributed by atoms with E-state index in [9.17, 15) is 8.42 Å². The third-order valence-electron chi connectivity index (χ3n) is 3.40. The Balaban J connectivity index is 2.14. The van der Waals surface area contributed by atoms with Crippen molar-refractivity contribution in [3.63, 3.8) is 0 Å². The van der Waals surface area contributed by atoms with Crippen LogP contribution >= 0.6 is 0 Å². The number of sulfonamides is 1. The predicted octanol–water partition coefficient (Wildman–Crippen LogP) is 3.19. The van der Waals surface area contributed by atoms with E-state index in [4.69, 9.17) is 14.2 Å². The number of nitrogens with zero attached hydrogens (tertiary/aromatic N) is 1. The van der Waals surface area contributed by atoms with E-state index in [1.807, 2.05) is 20.8 Å². The Bertz CT molecular complexity index is 877. The fraction of sp³-hybridized carbons (Fsp3) is 0.316. The van der Waals surface area contributed by atoms with Crippen LogP contribution in [0.15, 0.2) is 52.5 Å². The first-order chi connectivity index (χ1) is 12.9. The Labute approximate surface area is 160 Å². The zero-order valence-corrected chi connectivity index (χ0v) is 16.6. The van der Waals surface area contributed by atoms with Gasteiger partial charge in [-0.1, -0.05) is 6.07 Å². The largest absolute Gasteiger partial charge is 0.492 e. The van der Waals surface area contributed by atoms with E-state index >= 15 is 0 Å². The summed E-state index contributed by atoms with van der Waals surface area (Å²) in [6, 6.07) is 11.4. The first-order valence-electron chi connectivity index (χ1n) is 8.48. The van der Waals surface area contributed by atoms with Crippen molar-refractivity contribution in [2.75, 3.05) is 13.7 Å². The molecule has 0 saturated carbocycles. The summed E-state index contributed by atoms with van der Waals surface area (Å²) < 4.78 is 41.0. The molecule has 0 unspecified atom stereocenters. The number of benzene rings is 2. The lowest BCUT2D eigenvalue weighted by atomic mass is 10.2. The van der Waals surface area contributed by atoms with Gasteiger partial charge in [0.2, 0.25) is 0 Å². The quantitative estimate of drug-likeness (QED) is 0.523. The Kier molecular flexibility index (Phi) is 7.06. The van der Waals surface area contributed by atoms with Crippen LogP contribution in [-0.2, 0) is 10.0 Å². The molecule has 0 spiro atoms. The fourth-order valence-corrected chi connectivity index (χ4v) is 3.10. The molecule has 0 atom stereocenters. The molecule has 27 heavy (non-hydrogen) atoms. The molecule has 0 aromatic heterocycles. The summed E-state index contributed by atoms with van der Waals surface area (Å²) in [5.74, 6) is 1.65. The van der Waals surface area contributed by atoms with Crippen molar-refractivity contribution in [3.8, 4) is 17.2 Å². The summed E-state index contributed by atoms with van der Waals surface area (Å²) in [6.07, 6.45) is 1.38. The maximum Gasteiger partial charge on any atom is 0.276 e. The standard InChI is InChI=1S/C19H24N2O5S/c1-5-25-18-8-6-7-15(19(18)24-4)13-20-21-27(22,23)17-11-9-16(10-12-17)26-14(2)3/h6-14,21H,5H2,1-4H3/b20-13+. The molecule has 2 aromatic rings. The highest BCUT2D eigenvalue weighted by atomic mass is 32.2. The second-order valence-corrected chi connectivity index (χ2v) is 7.46. The average Bonchev–Trinajstić information content (AvgIpc) is 2.62. The normalized spacial score (nSPS) is 11.6. The SMILES string of the molecule is CCOc1cccc(/C=N/NS(=O)(=O)c2ccc(OC(C)C)cc2)c1OC. The van der Waals surface area contributed by atoms with Gasteiger partial charge in [0.25, 0.3) is 10.0 Å². The smallest absolute Gasteiger partial charge is 0.276 e. The van der Waals surface area contributed by atoms with E-state index in [1.54, 1.807) is 30.3 Å². The van der Waals surface area contributed by atoms with Crippen LogP contribution in [0.5, 0.6) is 17.2 Å². The first kappa shape index (κ1) is 20.6. The van der Waals surface area contributed by atoms with Gasteiger partial charge in [-0.05, 0) is 57.2 Å². The van der Waals surface area contributed by atoms with Gasteiger partial charge in [0.1, 0.15) is 5.75 Å². The molecule has 1 N–H and O–H groups in total. The number of rotatable bonds is 9. The lowest BCUT2D eigenvalue weighted by Crippen LogP contribution is -2.18. The molecule has 146 valence electrons. The average molecular weight is 392 g/mol. The summed E-state index contributed by atoms with van der Waals surface area (Å²) in [5.41, 5.74) is 0.590. The highest BCUT2D eigenvalue weighted by molar-refractivity contribution is 7.89. The molecule has 0 aliphatic rings. The zero-order valence-electron chi connectivity index (χ0n) is 15.8. The van der Waals surface area contributed by atoms with Gasteiger partial charge in [-0.3, -0.25) is 0 Å². The predicted molar refractivity (Wildman–Crippen MR) is 104 cm³/mol. The van der Waals surface area contributed by atoms with Gasteiger partial charge in [0.05, 0.1) is 30.9 Å². The molecular formula is C19H24N2O5S. The number of hydrogen-bond donors (Lipinski definition) is 1. The maximum absolute atomic E-state index is 12.4. The van der Waals surface area contributed by atoms with Crippen LogP contribution in [-0.4, -0.2) is 34.5 Å². The molecule has 0 bridgehead atoms. The van der Waals surface area contributed by atoms with Gasteiger partial charge in [-0.15, -0.1) is 0 Å². The molecule has 0 fully saturated rings. The van der Waals surface area contributed by atoms with Crippen molar-refractivity contribution in [3.05, 3.63) is 48.0 Å². The van der Waals surface area contributed by atoms with Crippen LogP contribution in [0.3, 0.4) is 0 Å². The Hall–Kier alpha value is -2.74. The number of hydrazone groups is 1. The Morgan fingerprint density at radius 1 is 1.15 bits per heavy atom. The number of ether oxygens (including phenoxy) is 3. The molecule has 0 radical (unpaired) electrons. The minimum Gasteiger partial charge on any atom is -0.492 e. The molecule has 0 heterocycles. The summed E-state index contributed by atoms with van der Waals surface area (Å²) in [5, 5.41) is 3.84. The van der Waals surface area contributed by atoms with Crippen LogP contribution in [0.25, 0.3) is 0 Å². The van der Waals surface area contributed by atoms with Crippen molar-refractivity contribution in [2.45, 2.75) is 31.8 Å². The number of para-hydroxylation sites is 1. The summed E-state index contributed by atoms with van der Waals surface area (Å²) >= 11 is 0. The van der Waals surface area contributed by atoms with E-state index < -0.39 is 10.0 Å². The molecule has 2 rings (SSSR count). The van der Waals surface area contributed by atoms with Crippen LogP contribution in [0.1, 0.15) is 26.3 Å². The van der Waals surface area contributed by atoms with Gasteiger partial charge in [-0.25, -0.2) is 4.83 Å². The van der Waals surface area contributed by atoms with E-state index in [0.717, 1.165) is 0 Å². The van der Waals surface area contributed by atoms with Crippen LogP contribution in [0, 0.1) is 0 Å². The molecular weight excluding hydrogens is 368 g/mol. The molecule has 0 saturated heterocycles. The molecule has 0 aliphatic heterocycles. The van der Waals surface area contributed by atoms with Crippen LogP contribution in [0.4, 0.5) is 0 Å². The molecule has 2 aromatic carbocycles. The Morgan fingerprint density at radius 2 is 1.85 bits per heavy atom. The van der Waals surface area contributed by atoms with Crippen molar-refractivity contribution in [1.29, 1.82) is 0 Å². The van der Waals surface area contributed by atoms with Gasteiger partial charge in [0.15, 0.2) is 11.5 Å². The van der Waals surface area contributed by atoms with E-state index in [-0.39, 0.29) is 11.0 Å². The summed E-state index contributed by atoms with van der Waals surface area (Å²) in [6.45, 7) is 6.15. The van der Waals surface area contributed by atoms with Gasteiger partial charge < -0.3 is 14.2 Å². The Morgan fingerprint density at radius 3 is 2.44 bits per heavy atom. The van der Waals surface area contributed by atoms with Crippen molar-refractivity contribution >= 4 is 16.2 Å². The summed E-state index contributed by atoms with van der Waals surface area (Å²) in [7, 11) is -2.28. The minimum absolute atomic E-state index is 0.0117. The van der Waals surface area contributed by atoms with Crippen LogP contribution < -0.4 is 19.0 Å². The molecule has 8 heteroatoms. The zero-order chi connectivity index (χ0) is 19.9. The van der Waals surface area contributed by atoms with E-state index in [1.165, 1.54) is 25.5 Å². The molecule has 0 amide bonds. The highest BCUT2D eigenvalue weighted by Crippen LogP contribution is 2.29. The molecule has 7 nitrogen and oxygen atoms in total. The second kappa shape index (κ2) is 9.27. The van der Waals surface area contributed by atoms with E-state index in [2.05, 4.69) is 9.93 Å². The second-order valence-electron chi connectivity index (χ2n) is 5.80. The minimum atomic E-state index is -3.79. The third kappa shape index (κ3) is 5.62. The fourth-order valence-electron chi connectivity index (χ4n) is 2.31. The monoisotopic (exact) mass is 392 g/mol. The van der Waals surface area contributed by atoms with Crippen molar-refractivity contribution < 1.29 is 22.6 Å². The van der Waals surface area contributed by atoms with Crippen molar-refractivity contribution in [2.24, 2.45) is 5.10 Å². The van der Waals surface area contributed by atoms with Crippen molar-refractivity contribution in [1.82, 2.24) is 4.83 Å². The number of nitrogens with one attached hydrogen (secondary N) is 1. The number of methoxy groups -OCH3 is 1. The van der Waals surface area contributed by atoms with Gasteiger partial charge in [0, 0.05) is 5.56 Å². The van der Waals surface area contributed by atoms with Crippen LogP contribution in [0.2, 0.25) is 0 Å². The third-order valence-corrected chi connectivity index (χ3v) is 4.63. The van der Waals surface area contributed by atoms with Gasteiger partial charge in [-0.2, -0.15) is 13.5 Å². The first-order valence-corrected chi connectivity index (χ1v) is 9.97. The topological polar surface area (TPSA) is 86.2 Å². The lowest BCUT2D eigenvalue weighted by molar-refractivity contribution is 0.242. The summed E-state index contributed by atoms with van der Waals surface area (Å²) in [4.78, 5) is 2.28. The molecule has 0 aliphatic carbocycles. The number of hydrogen-bond acceptors (Lipinski definition) is 6. The lowest BCUT2D eigenvalue weighted by Gasteiger charge is -2.11. The highest BCUT2D eigenvalue weighted by Gasteiger charge is 2.13.